The molecule has 0 saturated carbocycles. The van der Waals surface area contributed by atoms with Crippen LogP contribution in [-0.2, 0) is 14.4 Å². The van der Waals surface area contributed by atoms with Gasteiger partial charge < -0.3 is 0 Å². The molecule has 6 heteroatoms. The fraction of sp³-hybridized carbons (Fsp3) is 0.105. The number of hydrogen-bond donors (Lipinski definition) is 0. The van der Waals surface area contributed by atoms with E-state index in [1.54, 1.807) is 0 Å². The molecule has 0 fully saturated rings. The van der Waals surface area contributed by atoms with Crippen LogP contribution in [0.2, 0.25) is 0 Å². The standard InChI is InChI=1S/C19H15NO3S2/c1-13(21)12-20-18(22)16(24-14-8-4-2-5-9-14)17(19(20)23)25-15-10-6-3-7-11-15/h2-11H,12H2,1H3. The second kappa shape index (κ2) is 7.72. The second-order valence-corrected chi connectivity index (χ2v) is 7.55. The summed E-state index contributed by atoms with van der Waals surface area (Å²) in [4.78, 5) is 40.4. The number of amides is 2. The molecular formula is C19H15NO3S2. The molecule has 0 N–H and O–H groups in total. The summed E-state index contributed by atoms with van der Waals surface area (Å²) in [6, 6.07) is 18.8. The molecule has 2 aromatic rings. The maximum Gasteiger partial charge on any atom is 0.269 e. The van der Waals surface area contributed by atoms with Crippen LogP contribution >= 0.6 is 23.5 Å². The molecule has 3 rings (SSSR count). The second-order valence-electron chi connectivity index (χ2n) is 5.39. The van der Waals surface area contributed by atoms with E-state index in [0.29, 0.717) is 9.81 Å². The Morgan fingerprint density at radius 3 is 1.56 bits per heavy atom. The van der Waals surface area contributed by atoms with Crippen LogP contribution in [0.15, 0.2) is 80.3 Å². The van der Waals surface area contributed by atoms with Gasteiger partial charge in [0.15, 0.2) is 0 Å². The zero-order chi connectivity index (χ0) is 17.8. The molecule has 25 heavy (non-hydrogen) atoms. The van der Waals surface area contributed by atoms with Crippen LogP contribution in [0.4, 0.5) is 0 Å². The third kappa shape index (κ3) is 4.03. The molecule has 126 valence electrons. The summed E-state index contributed by atoms with van der Waals surface area (Å²) >= 11 is 2.51. The highest BCUT2D eigenvalue weighted by molar-refractivity contribution is 8.08. The highest BCUT2D eigenvalue weighted by atomic mass is 32.2. The van der Waals surface area contributed by atoms with Gasteiger partial charge in [-0.25, -0.2) is 0 Å². The van der Waals surface area contributed by atoms with Crippen molar-refractivity contribution in [3.63, 3.8) is 0 Å². The Hall–Kier alpha value is -2.31. The molecular weight excluding hydrogens is 354 g/mol. The quantitative estimate of drug-likeness (QED) is 0.726. The van der Waals surface area contributed by atoms with Crippen LogP contribution in [-0.4, -0.2) is 29.0 Å². The third-order valence-corrected chi connectivity index (χ3v) is 5.70. The number of benzene rings is 2. The van der Waals surface area contributed by atoms with Gasteiger partial charge in [0, 0.05) is 9.79 Å². The first kappa shape index (κ1) is 17.5. The number of ketones is 1. The molecule has 1 aliphatic rings. The van der Waals surface area contributed by atoms with Crippen molar-refractivity contribution in [1.82, 2.24) is 4.90 Å². The molecule has 0 saturated heterocycles. The van der Waals surface area contributed by atoms with Crippen molar-refractivity contribution >= 4 is 41.1 Å². The Balaban J connectivity index is 1.96. The van der Waals surface area contributed by atoms with E-state index in [1.165, 1.54) is 30.4 Å². The predicted molar refractivity (Wildman–Crippen MR) is 99.0 cm³/mol. The average Bonchev–Trinajstić information content (AvgIpc) is 2.82. The van der Waals surface area contributed by atoms with E-state index in [4.69, 9.17) is 0 Å². The third-order valence-electron chi connectivity index (χ3n) is 3.39. The zero-order valence-electron chi connectivity index (χ0n) is 13.5. The summed E-state index contributed by atoms with van der Waals surface area (Å²) in [6.45, 7) is 1.17. The first-order valence-electron chi connectivity index (χ1n) is 7.62. The van der Waals surface area contributed by atoms with Gasteiger partial charge in [0.05, 0.1) is 16.4 Å². The summed E-state index contributed by atoms with van der Waals surface area (Å²) in [5.74, 6) is -1.04. The maximum atomic E-state index is 12.7. The van der Waals surface area contributed by atoms with Gasteiger partial charge in [0.25, 0.3) is 11.8 Å². The number of carbonyl (C=O) groups excluding carboxylic acids is 3. The lowest BCUT2D eigenvalue weighted by Crippen LogP contribution is -2.35. The topological polar surface area (TPSA) is 54.5 Å². The van der Waals surface area contributed by atoms with Crippen LogP contribution in [0.3, 0.4) is 0 Å². The summed E-state index contributed by atoms with van der Waals surface area (Å²) < 4.78 is 0. The highest BCUT2D eigenvalue weighted by Gasteiger charge is 2.39. The van der Waals surface area contributed by atoms with Gasteiger partial charge in [0.2, 0.25) is 0 Å². The van der Waals surface area contributed by atoms with Crippen LogP contribution in [0.5, 0.6) is 0 Å². The number of hydrogen-bond acceptors (Lipinski definition) is 5. The molecule has 4 nitrogen and oxygen atoms in total. The van der Waals surface area contributed by atoms with E-state index in [2.05, 4.69) is 0 Å². The number of carbonyl (C=O) groups is 3. The van der Waals surface area contributed by atoms with Gasteiger partial charge in [0.1, 0.15) is 5.78 Å². The minimum absolute atomic E-state index is 0.199. The van der Waals surface area contributed by atoms with E-state index in [-0.39, 0.29) is 12.3 Å². The predicted octanol–water partition coefficient (Wildman–Crippen LogP) is 3.74. The fourth-order valence-electron chi connectivity index (χ4n) is 2.29. The van der Waals surface area contributed by atoms with Crippen molar-refractivity contribution in [2.24, 2.45) is 0 Å². The highest BCUT2D eigenvalue weighted by Crippen LogP contribution is 2.42. The molecule has 0 bridgehead atoms. The zero-order valence-corrected chi connectivity index (χ0v) is 15.1. The van der Waals surface area contributed by atoms with Crippen LogP contribution in [0, 0.1) is 0 Å². The number of rotatable bonds is 6. The van der Waals surface area contributed by atoms with E-state index in [1.807, 2.05) is 60.7 Å². The average molecular weight is 369 g/mol. The minimum Gasteiger partial charge on any atom is -0.298 e. The maximum absolute atomic E-state index is 12.7. The molecule has 0 aromatic heterocycles. The normalized spacial score (nSPS) is 14.4. The van der Waals surface area contributed by atoms with Gasteiger partial charge in [-0.15, -0.1) is 0 Å². The van der Waals surface area contributed by atoms with Gasteiger partial charge in [-0.3, -0.25) is 19.3 Å². The van der Waals surface area contributed by atoms with E-state index >= 15 is 0 Å². The molecule has 2 amide bonds. The first-order chi connectivity index (χ1) is 12.1. The van der Waals surface area contributed by atoms with Crippen molar-refractivity contribution < 1.29 is 14.4 Å². The number of imide groups is 1. The first-order valence-corrected chi connectivity index (χ1v) is 9.25. The van der Waals surface area contributed by atoms with E-state index in [9.17, 15) is 14.4 Å². The van der Waals surface area contributed by atoms with Gasteiger partial charge >= 0.3 is 0 Å². The lowest BCUT2D eigenvalue weighted by molar-refractivity contribution is -0.140. The minimum atomic E-state index is -0.410. The molecule has 0 unspecified atom stereocenters. The molecule has 0 spiro atoms. The van der Waals surface area contributed by atoms with E-state index in [0.717, 1.165) is 14.7 Å². The Morgan fingerprint density at radius 1 is 0.800 bits per heavy atom. The Labute approximate surface area is 154 Å². The molecule has 0 radical (unpaired) electrons. The van der Waals surface area contributed by atoms with Crippen LogP contribution < -0.4 is 0 Å². The summed E-state index contributed by atoms with van der Waals surface area (Å²) in [6.07, 6.45) is 0. The Bertz CT molecular complexity index is 784. The van der Waals surface area contributed by atoms with Crippen molar-refractivity contribution in [2.75, 3.05) is 6.54 Å². The van der Waals surface area contributed by atoms with Crippen molar-refractivity contribution in [1.29, 1.82) is 0 Å². The SMILES string of the molecule is CC(=O)CN1C(=O)C(Sc2ccccc2)=C(Sc2ccccc2)C1=O. The monoisotopic (exact) mass is 369 g/mol. The van der Waals surface area contributed by atoms with Crippen LogP contribution in [0.1, 0.15) is 6.92 Å². The molecule has 1 aliphatic heterocycles. The summed E-state index contributed by atoms with van der Waals surface area (Å²) in [7, 11) is 0. The van der Waals surface area contributed by atoms with E-state index < -0.39 is 11.8 Å². The van der Waals surface area contributed by atoms with Gasteiger partial charge in [-0.2, -0.15) is 0 Å². The Kier molecular flexibility index (Phi) is 5.40. The smallest absolute Gasteiger partial charge is 0.269 e. The van der Waals surface area contributed by atoms with Crippen LogP contribution in [0.25, 0.3) is 0 Å². The van der Waals surface area contributed by atoms with Crippen molar-refractivity contribution in [2.45, 2.75) is 16.7 Å². The molecule has 0 aliphatic carbocycles. The number of Topliss-reactive ketones (excluding diaryl/α,β-unsaturated/α-hetero) is 1. The summed E-state index contributed by atoms with van der Waals surface area (Å²) in [5.41, 5.74) is 0. The fourth-order valence-corrected chi connectivity index (χ4v) is 4.35. The molecule has 2 aromatic carbocycles. The number of nitrogens with zero attached hydrogens (tertiary/aromatic N) is 1. The number of thioether (sulfide) groups is 2. The lowest BCUT2D eigenvalue weighted by atomic mass is 10.4. The van der Waals surface area contributed by atoms with Gasteiger partial charge in [-0.1, -0.05) is 59.9 Å². The Morgan fingerprint density at radius 2 is 1.20 bits per heavy atom. The largest absolute Gasteiger partial charge is 0.298 e. The van der Waals surface area contributed by atoms with Crippen molar-refractivity contribution in [3.8, 4) is 0 Å². The van der Waals surface area contributed by atoms with Crippen molar-refractivity contribution in [3.05, 3.63) is 70.5 Å². The molecule has 0 atom stereocenters. The summed E-state index contributed by atoms with van der Waals surface area (Å²) in [5, 5.41) is 0. The molecule has 1 heterocycles. The van der Waals surface area contributed by atoms with Gasteiger partial charge in [-0.05, 0) is 31.2 Å². The lowest BCUT2D eigenvalue weighted by Gasteiger charge is -2.12.